The second-order valence-electron chi connectivity index (χ2n) is 10.1. The number of hydrogen-bond acceptors (Lipinski definition) is 6. The zero-order valence-corrected chi connectivity index (χ0v) is 22.0. The lowest BCUT2D eigenvalue weighted by Crippen LogP contribution is -2.47. The quantitative estimate of drug-likeness (QED) is 0.304. The number of carbonyl (C=O) groups excluding carboxylic acids is 1. The number of fused-ring (bicyclic) bond motifs is 1. The van der Waals surface area contributed by atoms with Crippen molar-refractivity contribution in [2.45, 2.75) is 45.1 Å². The fourth-order valence-corrected chi connectivity index (χ4v) is 3.93. The maximum atomic E-state index is 12.3. The van der Waals surface area contributed by atoms with Gasteiger partial charge in [0.05, 0.1) is 18.3 Å². The third kappa shape index (κ3) is 7.49. The Morgan fingerprint density at radius 1 is 1.11 bits per heavy atom. The molecular weight excluding hydrogens is 472 g/mol. The van der Waals surface area contributed by atoms with E-state index < -0.39 is 18.0 Å². The van der Waals surface area contributed by atoms with Gasteiger partial charge in [-0.1, -0.05) is 39.0 Å². The number of urea groups is 1. The van der Waals surface area contributed by atoms with Crippen molar-refractivity contribution in [2.24, 2.45) is 0 Å². The lowest BCUT2D eigenvalue weighted by Gasteiger charge is -2.24. The van der Waals surface area contributed by atoms with Gasteiger partial charge in [0.25, 0.3) is 0 Å². The first-order valence-electron chi connectivity index (χ1n) is 12.2. The number of nitrogens with zero attached hydrogens (tertiary/aromatic N) is 2. The van der Waals surface area contributed by atoms with E-state index in [-0.39, 0.29) is 17.6 Å². The molecule has 0 fully saturated rings. The largest absolute Gasteiger partial charge is 0.508 e. The number of carboxylic acids is 1. The number of pyridine rings is 1. The van der Waals surface area contributed by atoms with Gasteiger partial charge in [0.2, 0.25) is 0 Å². The van der Waals surface area contributed by atoms with Gasteiger partial charge in [0.15, 0.2) is 0 Å². The lowest BCUT2D eigenvalue weighted by molar-refractivity contribution is -0.139. The number of ether oxygens (including phenoxy) is 1. The molecular formula is C28H36N4O5. The number of aliphatic carboxylic acids is 1. The molecule has 9 heteroatoms. The summed E-state index contributed by atoms with van der Waals surface area (Å²) in [5, 5.41) is 25.1. The summed E-state index contributed by atoms with van der Waals surface area (Å²) in [5.74, 6) is -0.292. The highest BCUT2D eigenvalue weighted by molar-refractivity contribution is 5.92. The number of aromatic nitrogens is 1. The Hall–Kier alpha value is -4.01. The number of rotatable bonds is 10. The van der Waals surface area contributed by atoms with Crippen molar-refractivity contribution in [3.63, 3.8) is 0 Å². The molecule has 2 aromatic carbocycles. The van der Waals surface area contributed by atoms with Crippen LogP contribution in [0.4, 0.5) is 10.5 Å². The molecule has 1 aromatic heterocycles. The summed E-state index contributed by atoms with van der Waals surface area (Å²) < 4.78 is 5.49. The standard InChI is InChI=1S/C28H36N4O5/c1-28(2,3)24-12-9-19-16-21(37-5)17-23(25(19)31-24)32(4)14-6-13-29-27(36)30-22(26(34)35)15-18-7-10-20(33)11-8-18/h7-12,16-17,22,33H,6,13-15H2,1-5H3,(H,34,35)(H2,29,30,36)/t22-/m0/s1. The number of aromatic hydroxyl groups is 1. The molecule has 37 heavy (non-hydrogen) atoms. The average molecular weight is 509 g/mol. The monoisotopic (exact) mass is 508 g/mol. The van der Waals surface area contributed by atoms with Crippen LogP contribution in [0.3, 0.4) is 0 Å². The molecule has 0 aliphatic rings. The van der Waals surface area contributed by atoms with Gasteiger partial charge in [0, 0.05) is 49.1 Å². The number of phenols is 1. The van der Waals surface area contributed by atoms with Gasteiger partial charge in [-0.2, -0.15) is 0 Å². The van der Waals surface area contributed by atoms with Crippen LogP contribution in [0.25, 0.3) is 10.9 Å². The van der Waals surface area contributed by atoms with Gasteiger partial charge in [-0.15, -0.1) is 0 Å². The number of methoxy groups -OCH3 is 1. The fourth-order valence-electron chi connectivity index (χ4n) is 3.93. The van der Waals surface area contributed by atoms with Gasteiger partial charge in [-0.25, -0.2) is 9.59 Å². The number of amides is 2. The van der Waals surface area contributed by atoms with E-state index in [2.05, 4.69) is 42.4 Å². The molecule has 198 valence electrons. The lowest BCUT2D eigenvalue weighted by atomic mass is 9.91. The molecule has 0 bridgehead atoms. The van der Waals surface area contributed by atoms with Crippen LogP contribution in [-0.4, -0.2) is 60.5 Å². The predicted octanol–water partition coefficient (Wildman–Crippen LogP) is 4.07. The molecule has 0 aliphatic heterocycles. The van der Waals surface area contributed by atoms with Crippen molar-refractivity contribution < 1.29 is 24.5 Å². The zero-order chi connectivity index (χ0) is 27.2. The van der Waals surface area contributed by atoms with Crippen LogP contribution in [0.15, 0.2) is 48.5 Å². The second kappa shape index (κ2) is 11.8. The summed E-state index contributed by atoms with van der Waals surface area (Å²) in [6, 6.07) is 12.6. The van der Waals surface area contributed by atoms with E-state index in [1.54, 1.807) is 19.2 Å². The Labute approximate surface area is 217 Å². The van der Waals surface area contributed by atoms with Crippen LogP contribution < -0.4 is 20.3 Å². The minimum atomic E-state index is -1.13. The number of benzene rings is 2. The van der Waals surface area contributed by atoms with Gasteiger partial charge >= 0.3 is 12.0 Å². The molecule has 1 atom stereocenters. The summed E-state index contributed by atoms with van der Waals surface area (Å²) in [6.45, 7) is 7.39. The van der Waals surface area contributed by atoms with E-state index in [0.717, 1.165) is 28.0 Å². The van der Waals surface area contributed by atoms with E-state index in [0.29, 0.717) is 25.1 Å². The highest BCUT2D eigenvalue weighted by Gasteiger charge is 2.21. The van der Waals surface area contributed by atoms with Crippen LogP contribution in [0.2, 0.25) is 0 Å². The van der Waals surface area contributed by atoms with Gasteiger partial charge in [0.1, 0.15) is 17.5 Å². The summed E-state index contributed by atoms with van der Waals surface area (Å²) in [6.07, 6.45) is 0.746. The Morgan fingerprint density at radius 2 is 1.81 bits per heavy atom. The molecule has 0 spiro atoms. The summed E-state index contributed by atoms with van der Waals surface area (Å²) in [5.41, 5.74) is 3.43. The van der Waals surface area contributed by atoms with Gasteiger partial charge in [-0.05, 0) is 36.2 Å². The minimum Gasteiger partial charge on any atom is -0.508 e. The SMILES string of the molecule is COc1cc(N(C)CCCNC(=O)N[C@@H](Cc2ccc(O)cc2)C(=O)O)c2nc(C(C)(C)C)ccc2c1. The summed E-state index contributed by atoms with van der Waals surface area (Å²) in [4.78, 5) is 31.0. The maximum Gasteiger partial charge on any atom is 0.326 e. The van der Waals surface area contributed by atoms with E-state index in [4.69, 9.17) is 9.72 Å². The molecule has 1 heterocycles. The van der Waals surface area contributed by atoms with Crippen LogP contribution in [0.5, 0.6) is 11.5 Å². The molecule has 2 amide bonds. The maximum absolute atomic E-state index is 12.3. The number of anilines is 1. The van der Waals surface area contributed by atoms with Crippen molar-refractivity contribution in [2.75, 3.05) is 32.1 Å². The van der Waals surface area contributed by atoms with Crippen LogP contribution in [-0.2, 0) is 16.6 Å². The molecule has 9 nitrogen and oxygen atoms in total. The van der Waals surface area contributed by atoms with Crippen molar-refractivity contribution in [3.8, 4) is 11.5 Å². The number of phenolic OH excluding ortho intramolecular Hbond substituents is 1. The third-order valence-corrected chi connectivity index (χ3v) is 6.10. The number of hydrogen-bond donors (Lipinski definition) is 4. The molecule has 3 rings (SSSR count). The summed E-state index contributed by atoms with van der Waals surface area (Å²) >= 11 is 0. The van der Waals surface area contributed by atoms with E-state index in [9.17, 15) is 19.8 Å². The Kier molecular flexibility index (Phi) is 8.81. The molecule has 3 aromatic rings. The van der Waals surface area contributed by atoms with Crippen LogP contribution >= 0.6 is 0 Å². The van der Waals surface area contributed by atoms with Crippen molar-refractivity contribution in [1.29, 1.82) is 0 Å². The van der Waals surface area contributed by atoms with Crippen molar-refractivity contribution in [1.82, 2.24) is 15.6 Å². The fraction of sp³-hybridized carbons (Fsp3) is 0.393. The average Bonchev–Trinajstić information content (AvgIpc) is 2.85. The third-order valence-electron chi connectivity index (χ3n) is 6.10. The second-order valence-corrected chi connectivity index (χ2v) is 10.1. The molecule has 0 aliphatic carbocycles. The van der Waals surface area contributed by atoms with E-state index >= 15 is 0 Å². The smallest absolute Gasteiger partial charge is 0.326 e. The minimum absolute atomic E-state index is 0.0860. The molecule has 0 saturated carbocycles. The number of carboxylic acid groups (broad SMARTS) is 1. The molecule has 4 N–H and O–H groups in total. The zero-order valence-electron chi connectivity index (χ0n) is 22.0. The normalized spacial score (nSPS) is 12.1. The van der Waals surface area contributed by atoms with Gasteiger partial charge in [-0.3, -0.25) is 4.98 Å². The summed E-state index contributed by atoms with van der Waals surface area (Å²) in [7, 11) is 3.61. The van der Waals surface area contributed by atoms with Crippen LogP contribution in [0.1, 0.15) is 38.4 Å². The first-order valence-corrected chi connectivity index (χ1v) is 12.2. The van der Waals surface area contributed by atoms with E-state index in [1.165, 1.54) is 12.1 Å². The topological polar surface area (TPSA) is 124 Å². The Morgan fingerprint density at radius 3 is 2.43 bits per heavy atom. The molecule has 0 unspecified atom stereocenters. The Balaban J connectivity index is 1.59. The molecule has 0 radical (unpaired) electrons. The first kappa shape index (κ1) is 27.6. The molecule has 0 saturated heterocycles. The first-order chi connectivity index (χ1) is 17.5. The van der Waals surface area contributed by atoms with E-state index in [1.807, 2.05) is 25.2 Å². The van der Waals surface area contributed by atoms with Gasteiger partial charge < -0.3 is 30.5 Å². The van der Waals surface area contributed by atoms with Crippen molar-refractivity contribution >= 4 is 28.6 Å². The highest BCUT2D eigenvalue weighted by Crippen LogP contribution is 2.32. The number of carbonyl (C=O) groups is 2. The van der Waals surface area contributed by atoms with Crippen molar-refractivity contribution in [3.05, 3.63) is 59.8 Å². The van der Waals surface area contributed by atoms with Crippen LogP contribution in [0, 0.1) is 0 Å². The predicted molar refractivity (Wildman–Crippen MR) is 145 cm³/mol. The number of nitrogens with one attached hydrogen (secondary N) is 2. The highest BCUT2D eigenvalue weighted by atomic mass is 16.5. The Bertz CT molecular complexity index is 1240.